The molecule has 0 atom stereocenters. The van der Waals surface area contributed by atoms with Crippen molar-refractivity contribution < 1.29 is 9.52 Å². The van der Waals surface area contributed by atoms with E-state index in [0.29, 0.717) is 17.0 Å². The van der Waals surface area contributed by atoms with Crippen LogP contribution < -0.4 is 0 Å². The van der Waals surface area contributed by atoms with E-state index >= 15 is 0 Å². The zero-order valence-corrected chi connectivity index (χ0v) is 11.8. The highest BCUT2D eigenvalue weighted by molar-refractivity contribution is 5.78. The Balaban J connectivity index is 1.81. The van der Waals surface area contributed by atoms with E-state index < -0.39 is 0 Å². The van der Waals surface area contributed by atoms with E-state index in [1.165, 1.54) is 0 Å². The highest BCUT2D eigenvalue weighted by atomic mass is 16.3. The van der Waals surface area contributed by atoms with Gasteiger partial charge in [0.05, 0.1) is 11.3 Å². The number of rotatable bonds is 2. The number of phenols is 1. The van der Waals surface area contributed by atoms with Crippen LogP contribution in [0.3, 0.4) is 0 Å². The summed E-state index contributed by atoms with van der Waals surface area (Å²) in [6.07, 6.45) is 3.13. The van der Waals surface area contributed by atoms with Crippen molar-refractivity contribution >= 4 is 11.1 Å². The maximum atomic E-state index is 10.3. The number of oxazole rings is 1. The summed E-state index contributed by atoms with van der Waals surface area (Å²) >= 11 is 0. The number of fused-ring (bicyclic) bond motifs is 1. The van der Waals surface area contributed by atoms with Crippen LogP contribution in [0.5, 0.6) is 5.75 Å². The van der Waals surface area contributed by atoms with Gasteiger partial charge in [0.25, 0.3) is 0 Å². The first kappa shape index (κ1) is 12.6. The molecule has 1 N–H and O–H groups in total. The molecule has 0 aliphatic heterocycles. The molecule has 6 heteroatoms. The SMILES string of the molecule is Cc1ccc2nc(-c3ccc(-n4cnnc4)cc3O)oc2c1. The first-order chi connectivity index (χ1) is 10.7. The molecule has 4 rings (SSSR count). The molecule has 0 fully saturated rings. The number of hydrogen-bond acceptors (Lipinski definition) is 5. The molecule has 0 amide bonds. The van der Waals surface area contributed by atoms with Gasteiger partial charge < -0.3 is 9.52 Å². The van der Waals surface area contributed by atoms with Gasteiger partial charge >= 0.3 is 0 Å². The summed E-state index contributed by atoms with van der Waals surface area (Å²) < 4.78 is 7.45. The number of phenolic OH excluding ortho intramolecular Hbond substituents is 1. The number of nitrogens with zero attached hydrogens (tertiary/aromatic N) is 4. The van der Waals surface area contributed by atoms with Gasteiger partial charge in [-0.05, 0) is 36.8 Å². The summed E-state index contributed by atoms with van der Waals surface area (Å²) in [5.74, 6) is 0.489. The van der Waals surface area contributed by atoms with Gasteiger partial charge in [0.15, 0.2) is 5.58 Å². The summed E-state index contributed by atoms with van der Waals surface area (Å²) in [5.41, 5.74) is 3.88. The molecule has 0 unspecified atom stereocenters. The molecule has 6 nitrogen and oxygen atoms in total. The Morgan fingerprint density at radius 3 is 2.64 bits per heavy atom. The molecule has 108 valence electrons. The predicted molar refractivity (Wildman–Crippen MR) is 80.8 cm³/mol. The molecule has 0 aliphatic carbocycles. The highest BCUT2D eigenvalue weighted by Crippen LogP contribution is 2.32. The number of aromatic hydroxyl groups is 1. The Labute approximate surface area is 125 Å². The van der Waals surface area contributed by atoms with Crippen molar-refractivity contribution in [3.05, 3.63) is 54.6 Å². The van der Waals surface area contributed by atoms with E-state index in [4.69, 9.17) is 4.42 Å². The fourth-order valence-electron chi connectivity index (χ4n) is 2.34. The minimum atomic E-state index is 0.0921. The molecule has 0 aliphatic rings. The van der Waals surface area contributed by atoms with Gasteiger partial charge in [-0.1, -0.05) is 6.07 Å². The standard InChI is InChI=1S/C16H12N4O2/c1-10-2-5-13-15(6-10)22-16(19-13)12-4-3-11(7-14(12)21)20-8-17-18-9-20/h2-9,21H,1H3. The van der Waals surface area contributed by atoms with Crippen LogP contribution in [0.2, 0.25) is 0 Å². The van der Waals surface area contributed by atoms with E-state index in [1.807, 2.05) is 31.2 Å². The molecule has 2 heterocycles. The average molecular weight is 292 g/mol. The second-order valence-electron chi connectivity index (χ2n) is 5.06. The van der Waals surface area contributed by atoms with Crippen molar-refractivity contribution in [3.63, 3.8) is 0 Å². The smallest absolute Gasteiger partial charge is 0.231 e. The van der Waals surface area contributed by atoms with E-state index in [0.717, 1.165) is 16.8 Å². The first-order valence-corrected chi connectivity index (χ1v) is 6.76. The Kier molecular flexibility index (Phi) is 2.69. The van der Waals surface area contributed by atoms with Gasteiger partial charge in [-0.3, -0.25) is 4.57 Å². The quantitative estimate of drug-likeness (QED) is 0.614. The van der Waals surface area contributed by atoms with Crippen LogP contribution >= 0.6 is 0 Å². The Bertz CT molecular complexity index is 958. The number of aromatic nitrogens is 4. The van der Waals surface area contributed by atoms with Crippen LogP contribution in [0.4, 0.5) is 0 Å². The lowest BCUT2D eigenvalue weighted by Crippen LogP contribution is -1.90. The summed E-state index contributed by atoms with van der Waals surface area (Å²) in [6, 6.07) is 11.0. The van der Waals surface area contributed by atoms with Gasteiger partial charge in [0.1, 0.15) is 23.9 Å². The zero-order valence-electron chi connectivity index (χ0n) is 11.8. The topological polar surface area (TPSA) is 77.0 Å². The second kappa shape index (κ2) is 4.70. The van der Waals surface area contributed by atoms with Gasteiger partial charge in [-0.2, -0.15) is 0 Å². The highest BCUT2D eigenvalue weighted by Gasteiger charge is 2.13. The molecule has 0 saturated carbocycles. The van der Waals surface area contributed by atoms with Crippen LogP contribution in [0.1, 0.15) is 5.56 Å². The summed E-state index contributed by atoms with van der Waals surface area (Å²) in [4.78, 5) is 4.42. The third-order valence-corrected chi connectivity index (χ3v) is 3.47. The van der Waals surface area contributed by atoms with Crippen LogP contribution in [-0.4, -0.2) is 24.9 Å². The van der Waals surface area contributed by atoms with Crippen LogP contribution in [-0.2, 0) is 0 Å². The van der Waals surface area contributed by atoms with E-state index in [-0.39, 0.29) is 5.75 Å². The maximum Gasteiger partial charge on any atom is 0.231 e. The Hall–Kier alpha value is -3.15. The molecule has 4 aromatic rings. The summed E-state index contributed by atoms with van der Waals surface area (Å²) in [7, 11) is 0. The van der Waals surface area contributed by atoms with E-state index in [1.54, 1.807) is 29.4 Å². The maximum absolute atomic E-state index is 10.3. The van der Waals surface area contributed by atoms with Crippen molar-refractivity contribution in [1.82, 2.24) is 19.7 Å². The number of hydrogen-bond donors (Lipinski definition) is 1. The van der Waals surface area contributed by atoms with Crippen molar-refractivity contribution in [2.24, 2.45) is 0 Å². The Morgan fingerprint density at radius 2 is 1.86 bits per heavy atom. The largest absolute Gasteiger partial charge is 0.507 e. The zero-order chi connectivity index (χ0) is 15.1. The lowest BCUT2D eigenvalue weighted by Gasteiger charge is -2.04. The van der Waals surface area contributed by atoms with Gasteiger partial charge in [-0.25, -0.2) is 4.98 Å². The fourth-order valence-corrected chi connectivity index (χ4v) is 2.34. The summed E-state index contributed by atoms with van der Waals surface area (Å²) in [5, 5.41) is 17.8. The molecule has 2 aromatic heterocycles. The van der Waals surface area contributed by atoms with E-state index in [2.05, 4.69) is 15.2 Å². The minimum Gasteiger partial charge on any atom is -0.507 e. The molecule has 2 aromatic carbocycles. The molecule has 0 spiro atoms. The van der Waals surface area contributed by atoms with Crippen molar-refractivity contribution in [2.75, 3.05) is 0 Å². The van der Waals surface area contributed by atoms with Crippen molar-refractivity contribution in [1.29, 1.82) is 0 Å². The van der Waals surface area contributed by atoms with Crippen molar-refractivity contribution in [3.8, 4) is 22.9 Å². The fraction of sp³-hybridized carbons (Fsp3) is 0.0625. The van der Waals surface area contributed by atoms with Crippen LogP contribution in [0.25, 0.3) is 28.2 Å². The number of aryl methyl sites for hydroxylation is 1. The monoisotopic (exact) mass is 292 g/mol. The molecular formula is C16H12N4O2. The second-order valence-corrected chi connectivity index (χ2v) is 5.06. The molecule has 0 bridgehead atoms. The lowest BCUT2D eigenvalue weighted by molar-refractivity contribution is 0.474. The van der Waals surface area contributed by atoms with E-state index in [9.17, 15) is 5.11 Å². The van der Waals surface area contributed by atoms with Crippen LogP contribution in [0.15, 0.2) is 53.5 Å². The number of benzene rings is 2. The lowest BCUT2D eigenvalue weighted by atomic mass is 10.2. The van der Waals surface area contributed by atoms with Gasteiger partial charge in [0.2, 0.25) is 5.89 Å². The third-order valence-electron chi connectivity index (χ3n) is 3.47. The van der Waals surface area contributed by atoms with Gasteiger partial charge in [0, 0.05) is 6.07 Å². The predicted octanol–water partition coefficient (Wildman–Crippen LogP) is 3.09. The first-order valence-electron chi connectivity index (χ1n) is 6.76. The molecule has 0 saturated heterocycles. The molecular weight excluding hydrogens is 280 g/mol. The van der Waals surface area contributed by atoms with Crippen molar-refractivity contribution in [2.45, 2.75) is 6.92 Å². The van der Waals surface area contributed by atoms with Gasteiger partial charge in [-0.15, -0.1) is 10.2 Å². The third kappa shape index (κ3) is 2.01. The summed E-state index contributed by atoms with van der Waals surface area (Å²) in [6.45, 7) is 1.99. The molecule has 22 heavy (non-hydrogen) atoms. The minimum absolute atomic E-state index is 0.0921. The average Bonchev–Trinajstić information content (AvgIpc) is 3.15. The normalized spacial score (nSPS) is 11.1. The molecule has 0 radical (unpaired) electrons. The van der Waals surface area contributed by atoms with Crippen LogP contribution in [0, 0.1) is 6.92 Å². The Morgan fingerprint density at radius 1 is 1.05 bits per heavy atom.